The van der Waals surface area contributed by atoms with Gasteiger partial charge in [0.05, 0.1) is 11.2 Å². The molecule has 0 bridgehead atoms. The van der Waals surface area contributed by atoms with E-state index in [9.17, 15) is 4.79 Å². The molecule has 25 heavy (non-hydrogen) atoms. The van der Waals surface area contributed by atoms with Crippen LogP contribution in [0.5, 0.6) is 5.75 Å². The average Bonchev–Trinajstić information content (AvgIpc) is 3.14. The highest BCUT2D eigenvalue weighted by atomic mass is 32.1. The summed E-state index contributed by atoms with van der Waals surface area (Å²) >= 11 is 1.53. The number of aryl methyl sites for hydroxylation is 1. The zero-order chi connectivity index (χ0) is 17.5. The van der Waals surface area contributed by atoms with Gasteiger partial charge in [-0.25, -0.2) is 9.78 Å². The first-order valence-electron chi connectivity index (χ1n) is 8.00. The molecule has 0 unspecified atom stereocenters. The molecular formula is C19H19N3O2S. The van der Waals surface area contributed by atoms with Crippen LogP contribution >= 0.6 is 11.3 Å². The van der Waals surface area contributed by atoms with Gasteiger partial charge < -0.3 is 15.4 Å². The van der Waals surface area contributed by atoms with Crippen molar-refractivity contribution >= 4 is 28.7 Å². The molecule has 2 amide bonds. The standard InChI is InChI=1S/C19H19N3O2S/c1-2-14-5-3-6-15(9-14)21-19(23)22-16-7-4-8-18(10-16)24-11-17-12-25-13-20-17/h3-10,12-13H,2,11H2,1H3,(H2,21,22,23). The molecule has 128 valence electrons. The van der Waals surface area contributed by atoms with Gasteiger partial charge >= 0.3 is 6.03 Å². The third kappa shape index (κ3) is 5.06. The summed E-state index contributed by atoms with van der Waals surface area (Å²) in [6.07, 6.45) is 0.926. The van der Waals surface area contributed by atoms with Crippen LogP contribution in [0, 0.1) is 0 Å². The fourth-order valence-corrected chi connectivity index (χ4v) is 2.84. The van der Waals surface area contributed by atoms with Gasteiger partial charge in [0.1, 0.15) is 12.4 Å². The van der Waals surface area contributed by atoms with E-state index in [-0.39, 0.29) is 6.03 Å². The fraction of sp³-hybridized carbons (Fsp3) is 0.158. The maximum Gasteiger partial charge on any atom is 0.323 e. The van der Waals surface area contributed by atoms with Crippen LogP contribution in [0.2, 0.25) is 0 Å². The molecule has 2 N–H and O–H groups in total. The summed E-state index contributed by atoms with van der Waals surface area (Å²) < 4.78 is 5.69. The number of nitrogens with one attached hydrogen (secondary N) is 2. The zero-order valence-electron chi connectivity index (χ0n) is 13.9. The van der Waals surface area contributed by atoms with E-state index < -0.39 is 0 Å². The van der Waals surface area contributed by atoms with Crippen LogP contribution in [0.4, 0.5) is 16.2 Å². The molecule has 1 heterocycles. The highest BCUT2D eigenvalue weighted by Gasteiger charge is 2.05. The number of carbonyl (C=O) groups is 1. The highest BCUT2D eigenvalue weighted by Crippen LogP contribution is 2.19. The number of benzene rings is 2. The SMILES string of the molecule is CCc1cccc(NC(=O)Nc2cccc(OCc3cscn3)c2)c1. The quantitative estimate of drug-likeness (QED) is 0.660. The molecule has 5 nitrogen and oxygen atoms in total. The summed E-state index contributed by atoms with van der Waals surface area (Å²) in [5, 5.41) is 7.60. The van der Waals surface area contributed by atoms with E-state index in [0.717, 1.165) is 17.8 Å². The largest absolute Gasteiger partial charge is 0.487 e. The Hall–Kier alpha value is -2.86. The molecule has 0 aliphatic heterocycles. The van der Waals surface area contributed by atoms with Gasteiger partial charge in [-0.15, -0.1) is 11.3 Å². The lowest BCUT2D eigenvalue weighted by Gasteiger charge is -2.10. The number of hydrogen-bond donors (Lipinski definition) is 2. The molecule has 1 aromatic heterocycles. The second-order valence-corrected chi connectivity index (χ2v) is 6.15. The first-order valence-corrected chi connectivity index (χ1v) is 8.94. The van der Waals surface area contributed by atoms with Crippen molar-refractivity contribution in [3.05, 3.63) is 70.7 Å². The Morgan fingerprint density at radius 1 is 1.12 bits per heavy atom. The molecule has 2 aromatic carbocycles. The maximum absolute atomic E-state index is 12.2. The van der Waals surface area contributed by atoms with Crippen LogP contribution in [0.15, 0.2) is 59.4 Å². The van der Waals surface area contributed by atoms with Crippen molar-refractivity contribution in [2.24, 2.45) is 0 Å². The second-order valence-electron chi connectivity index (χ2n) is 5.43. The van der Waals surface area contributed by atoms with Gasteiger partial charge in [-0.1, -0.05) is 25.1 Å². The van der Waals surface area contributed by atoms with E-state index in [4.69, 9.17) is 4.74 Å². The molecule has 0 atom stereocenters. The van der Waals surface area contributed by atoms with E-state index >= 15 is 0 Å². The van der Waals surface area contributed by atoms with E-state index in [1.165, 1.54) is 16.9 Å². The van der Waals surface area contributed by atoms with Gasteiger partial charge in [0.25, 0.3) is 0 Å². The Kier molecular flexibility index (Phi) is 5.64. The number of anilines is 2. The topological polar surface area (TPSA) is 63.2 Å². The third-order valence-electron chi connectivity index (χ3n) is 3.56. The third-order valence-corrected chi connectivity index (χ3v) is 4.19. The number of hydrogen-bond acceptors (Lipinski definition) is 4. The van der Waals surface area contributed by atoms with Crippen LogP contribution in [-0.2, 0) is 13.0 Å². The Bertz CT molecular complexity index is 834. The predicted molar refractivity (Wildman–Crippen MR) is 101 cm³/mol. The minimum Gasteiger partial charge on any atom is -0.487 e. The first-order chi connectivity index (χ1) is 12.2. The number of aromatic nitrogens is 1. The lowest BCUT2D eigenvalue weighted by Crippen LogP contribution is -2.19. The Labute approximate surface area is 150 Å². The van der Waals surface area contributed by atoms with E-state index in [2.05, 4.69) is 22.5 Å². The molecule has 0 radical (unpaired) electrons. The molecule has 3 rings (SSSR count). The summed E-state index contributed by atoms with van der Waals surface area (Å²) in [5.41, 5.74) is 5.27. The molecule has 0 fully saturated rings. The van der Waals surface area contributed by atoms with Gasteiger partial charge in [0.2, 0.25) is 0 Å². The second kappa shape index (κ2) is 8.30. The smallest absolute Gasteiger partial charge is 0.323 e. The zero-order valence-corrected chi connectivity index (χ0v) is 14.7. The molecule has 0 aliphatic carbocycles. The normalized spacial score (nSPS) is 10.3. The molecular weight excluding hydrogens is 334 g/mol. The van der Waals surface area contributed by atoms with Crippen molar-refractivity contribution in [2.45, 2.75) is 20.0 Å². The van der Waals surface area contributed by atoms with Crippen molar-refractivity contribution in [2.75, 3.05) is 10.6 Å². The van der Waals surface area contributed by atoms with Gasteiger partial charge in [-0.2, -0.15) is 0 Å². The van der Waals surface area contributed by atoms with Crippen LogP contribution in [0.1, 0.15) is 18.2 Å². The van der Waals surface area contributed by atoms with Gasteiger partial charge in [-0.3, -0.25) is 0 Å². The lowest BCUT2D eigenvalue weighted by molar-refractivity contribution is 0.262. The summed E-state index contributed by atoms with van der Waals surface area (Å²) in [5.74, 6) is 0.679. The number of carbonyl (C=O) groups excluding carboxylic acids is 1. The van der Waals surface area contributed by atoms with Crippen LogP contribution in [-0.4, -0.2) is 11.0 Å². The number of amides is 2. The Morgan fingerprint density at radius 2 is 1.88 bits per heavy atom. The monoisotopic (exact) mass is 353 g/mol. The summed E-state index contributed by atoms with van der Waals surface area (Å²) in [7, 11) is 0. The lowest BCUT2D eigenvalue weighted by atomic mass is 10.1. The molecule has 0 saturated heterocycles. The van der Waals surface area contributed by atoms with Gasteiger partial charge in [0, 0.05) is 22.8 Å². The van der Waals surface area contributed by atoms with Crippen LogP contribution in [0.3, 0.4) is 0 Å². The van der Waals surface area contributed by atoms with Crippen LogP contribution < -0.4 is 15.4 Å². The minimum atomic E-state index is -0.287. The molecule has 0 aliphatic rings. The Balaban J connectivity index is 1.58. The minimum absolute atomic E-state index is 0.287. The molecule has 3 aromatic rings. The van der Waals surface area contributed by atoms with E-state index in [0.29, 0.717) is 18.0 Å². The predicted octanol–water partition coefficient (Wildman–Crippen LogP) is 4.93. The van der Waals surface area contributed by atoms with E-state index in [1.54, 1.807) is 11.6 Å². The Morgan fingerprint density at radius 3 is 2.60 bits per heavy atom. The highest BCUT2D eigenvalue weighted by molar-refractivity contribution is 7.07. The van der Waals surface area contributed by atoms with Crippen molar-refractivity contribution in [1.29, 1.82) is 0 Å². The van der Waals surface area contributed by atoms with Crippen molar-refractivity contribution in [3.63, 3.8) is 0 Å². The molecule has 0 saturated carbocycles. The number of ether oxygens (including phenoxy) is 1. The van der Waals surface area contributed by atoms with E-state index in [1.807, 2.05) is 47.8 Å². The van der Waals surface area contributed by atoms with Crippen molar-refractivity contribution in [3.8, 4) is 5.75 Å². The molecule has 0 spiro atoms. The summed E-state index contributed by atoms with van der Waals surface area (Å²) in [6, 6.07) is 14.8. The van der Waals surface area contributed by atoms with Crippen molar-refractivity contribution < 1.29 is 9.53 Å². The van der Waals surface area contributed by atoms with Gasteiger partial charge in [0.15, 0.2) is 0 Å². The number of nitrogens with zero attached hydrogens (tertiary/aromatic N) is 1. The first kappa shape index (κ1) is 17.0. The molecule has 6 heteroatoms. The average molecular weight is 353 g/mol. The summed E-state index contributed by atoms with van der Waals surface area (Å²) in [6.45, 7) is 2.49. The summed E-state index contributed by atoms with van der Waals surface area (Å²) in [4.78, 5) is 16.3. The van der Waals surface area contributed by atoms with Crippen LogP contribution in [0.25, 0.3) is 0 Å². The maximum atomic E-state index is 12.2. The van der Waals surface area contributed by atoms with Gasteiger partial charge in [-0.05, 0) is 36.2 Å². The number of urea groups is 1. The fourth-order valence-electron chi connectivity index (χ4n) is 2.29. The number of rotatable bonds is 6. The number of thiazole rings is 1. The van der Waals surface area contributed by atoms with Crippen molar-refractivity contribution in [1.82, 2.24) is 4.98 Å².